The molecule has 1 aliphatic heterocycles. The largest absolute Gasteiger partial charge is 0.375 e. The van der Waals surface area contributed by atoms with Crippen LogP contribution in [0.1, 0.15) is 39.2 Å². The smallest absolute Gasteiger partial charge is 0.0627 e. The van der Waals surface area contributed by atoms with E-state index in [1.165, 1.54) is 12.0 Å². The lowest BCUT2D eigenvalue weighted by molar-refractivity contribution is -0.0840. The van der Waals surface area contributed by atoms with E-state index in [0.29, 0.717) is 0 Å². The molecule has 1 aliphatic rings. The summed E-state index contributed by atoms with van der Waals surface area (Å²) in [5.41, 5.74) is 1.67. The first-order valence-corrected chi connectivity index (χ1v) is 5.71. The summed E-state index contributed by atoms with van der Waals surface area (Å²) in [6, 6.07) is 10.7. The molecule has 1 heteroatoms. The molecular formula is C14H20O. The van der Waals surface area contributed by atoms with Gasteiger partial charge in [-0.3, -0.25) is 0 Å². The van der Waals surface area contributed by atoms with Crippen LogP contribution in [0.5, 0.6) is 0 Å². The number of hydrogen-bond donors (Lipinski definition) is 0. The predicted molar refractivity (Wildman–Crippen MR) is 63.1 cm³/mol. The lowest BCUT2D eigenvalue weighted by atomic mass is 9.75. The molecule has 0 bridgehead atoms. The van der Waals surface area contributed by atoms with Crippen molar-refractivity contribution in [2.75, 3.05) is 6.61 Å². The molecule has 1 heterocycles. The molecule has 0 aliphatic carbocycles. The first-order valence-electron chi connectivity index (χ1n) is 5.71. The molecule has 1 saturated heterocycles. The van der Waals surface area contributed by atoms with Gasteiger partial charge >= 0.3 is 0 Å². The first-order chi connectivity index (χ1) is 7.02. The Morgan fingerprint density at radius 3 is 2.20 bits per heavy atom. The van der Waals surface area contributed by atoms with Crippen molar-refractivity contribution in [3.63, 3.8) is 0 Å². The SMILES string of the molecule is CC1(C)CCC(C)(c2ccccc2)CO1. The van der Waals surface area contributed by atoms with Gasteiger partial charge in [0, 0.05) is 5.41 Å². The van der Waals surface area contributed by atoms with Gasteiger partial charge in [-0.1, -0.05) is 37.3 Å². The van der Waals surface area contributed by atoms with E-state index >= 15 is 0 Å². The molecule has 2 rings (SSSR count). The van der Waals surface area contributed by atoms with Gasteiger partial charge in [0.05, 0.1) is 12.2 Å². The molecule has 1 aromatic rings. The van der Waals surface area contributed by atoms with E-state index in [0.717, 1.165) is 13.0 Å². The van der Waals surface area contributed by atoms with Crippen molar-refractivity contribution in [3.05, 3.63) is 35.9 Å². The Hall–Kier alpha value is -0.820. The maximum atomic E-state index is 5.94. The Morgan fingerprint density at radius 1 is 1.00 bits per heavy atom. The molecule has 1 aromatic carbocycles. The summed E-state index contributed by atoms with van der Waals surface area (Å²) < 4.78 is 5.94. The number of benzene rings is 1. The lowest BCUT2D eigenvalue weighted by Gasteiger charge is -2.41. The highest BCUT2D eigenvalue weighted by Crippen LogP contribution is 2.38. The van der Waals surface area contributed by atoms with Gasteiger partial charge in [-0.2, -0.15) is 0 Å². The minimum Gasteiger partial charge on any atom is -0.375 e. The summed E-state index contributed by atoms with van der Waals surface area (Å²) in [4.78, 5) is 0. The molecule has 1 fully saturated rings. The van der Waals surface area contributed by atoms with E-state index in [1.807, 2.05) is 0 Å². The quantitative estimate of drug-likeness (QED) is 0.680. The number of rotatable bonds is 1. The summed E-state index contributed by atoms with van der Waals surface area (Å²) in [6.07, 6.45) is 2.35. The standard InChI is InChI=1S/C14H20O/c1-13(2)9-10-14(3,11-15-13)12-7-5-4-6-8-12/h4-8H,9-11H2,1-3H3. The highest BCUT2D eigenvalue weighted by Gasteiger charge is 2.36. The van der Waals surface area contributed by atoms with Crippen LogP contribution in [0, 0.1) is 0 Å². The van der Waals surface area contributed by atoms with Crippen molar-refractivity contribution in [1.82, 2.24) is 0 Å². The van der Waals surface area contributed by atoms with Crippen LogP contribution in [0.3, 0.4) is 0 Å². The molecule has 0 amide bonds. The van der Waals surface area contributed by atoms with E-state index in [9.17, 15) is 0 Å². The average Bonchev–Trinajstić information content (AvgIpc) is 2.24. The van der Waals surface area contributed by atoms with E-state index in [4.69, 9.17) is 4.74 Å². The zero-order valence-corrected chi connectivity index (χ0v) is 9.92. The van der Waals surface area contributed by atoms with Gasteiger partial charge in [0.15, 0.2) is 0 Å². The second-order valence-electron chi connectivity index (χ2n) is 5.48. The third-order valence-electron chi connectivity index (χ3n) is 3.53. The summed E-state index contributed by atoms with van der Waals surface area (Å²) in [7, 11) is 0. The highest BCUT2D eigenvalue weighted by molar-refractivity contribution is 5.25. The van der Waals surface area contributed by atoms with Gasteiger partial charge in [0.2, 0.25) is 0 Å². The van der Waals surface area contributed by atoms with Crippen molar-refractivity contribution < 1.29 is 4.74 Å². The molecule has 0 spiro atoms. The zero-order valence-electron chi connectivity index (χ0n) is 9.92. The van der Waals surface area contributed by atoms with E-state index in [2.05, 4.69) is 51.1 Å². The van der Waals surface area contributed by atoms with Crippen LogP contribution in [0.2, 0.25) is 0 Å². The fourth-order valence-electron chi connectivity index (χ4n) is 2.14. The van der Waals surface area contributed by atoms with Crippen LogP contribution in [0.15, 0.2) is 30.3 Å². The minimum atomic E-state index is 0.0638. The monoisotopic (exact) mass is 204 g/mol. The highest BCUT2D eigenvalue weighted by atomic mass is 16.5. The zero-order chi connectivity index (χ0) is 10.9. The van der Waals surface area contributed by atoms with Crippen LogP contribution in [-0.4, -0.2) is 12.2 Å². The molecular weight excluding hydrogens is 184 g/mol. The molecule has 0 aromatic heterocycles. The van der Waals surface area contributed by atoms with E-state index in [1.54, 1.807) is 0 Å². The number of ether oxygens (including phenoxy) is 1. The van der Waals surface area contributed by atoms with Gasteiger partial charge in [-0.05, 0) is 32.3 Å². The van der Waals surface area contributed by atoms with Crippen LogP contribution in [-0.2, 0) is 10.2 Å². The van der Waals surface area contributed by atoms with Crippen molar-refractivity contribution in [2.24, 2.45) is 0 Å². The minimum absolute atomic E-state index is 0.0638. The molecule has 1 unspecified atom stereocenters. The van der Waals surface area contributed by atoms with Gasteiger partial charge < -0.3 is 4.74 Å². The van der Waals surface area contributed by atoms with Crippen molar-refractivity contribution in [2.45, 2.75) is 44.6 Å². The van der Waals surface area contributed by atoms with Crippen molar-refractivity contribution >= 4 is 0 Å². The second kappa shape index (κ2) is 3.64. The maximum absolute atomic E-state index is 5.94. The van der Waals surface area contributed by atoms with Gasteiger partial charge in [0.1, 0.15) is 0 Å². The fourth-order valence-corrected chi connectivity index (χ4v) is 2.14. The average molecular weight is 204 g/mol. The lowest BCUT2D eigenvalue weighted by Crippen LogP contribution is -2.41. The molecule has 1 nitrogen and oxygen atoms in total. The second-order valence-corrected chi connectivity index (χ2v) is 5.48. The van der Waals surface area contributed by atoms with Crippen LogP contribution >= 0.6 is 0 Å². The van der Waals surface area contributed by atoms with Crippen LogP contribution in [0.4, 0.5) is 0 Å². The van der Waals surface area contributed by atoms with Gasteiger partial charge in [0.25, 0.3) is 0 Å². The third kappa shape index (κ3) is 2.23. The molecule has 1 atom stereocenters. The first kappa shape index (κ1) is 10.7. The van der Waals surface area contributed by atoms with Crippen LogP contribution < -0.4 is 0 Å². The maximum Gasteiger partial charge on any atom is 0.0627 e. The molecule has 0 saturated carbocycles. The topological polar surface area (TPSA) is 9.23 Å². The van der Waals surface area contributed by atoms with Crippen molar-refractivity contribution in [1.29, 1.82) is 0 Å². The Balaban J connectivity index is 2.17. The fraction of sp³-hybridized carbons (Fsp3) is 0.571. The van der Waals surface area contributed by atoms with E-state index < -0.39 is 0 Å². The Kier molecular flexibility index (Phi) is 2.59. The Labute approximate surface area is 92.5 Å². The molecule has 82 valence electrons. The number of hydrogen-bond acceptors (Lipinski definition) is 1. The molecule has 0 radical (unpaired) electrons. The Morgan fingerprint density at radius 2 is 1.67 bits per heavy atom. The normalized spacial score (nSPS) is 30.1. The molecule has 15 heavy (non-hydrogen) atoms. The van der Waals surface area contributed by atoms with E-state index in [-0.39, 0.29) is 11.0 Å². The van der Waals surface area contributed by atoms with Gasteiger partial charge in [-0.25, -0.2) is 0 Å². The summed E-state index contributed by atoms with van der Waals surface area (Å²) in [5.74, 6) is 0. The summed E-state index contributed by atoms with van der Waals surface area (Å²) >= 11 is 0. The van der Waals surface area contributed by atoms with Gasteiger partial charge in [-0.15, -0.1) is 0 Å². The molecule has 0 N–H and O–H groups in total. The predicted octanol–water partition coefficient (Wildman–Crippen LogP) is 3.53. The summed E-state index contributed by atoms with van der Waals surface area (Å²) in [6.45, 7) is 7.50. The van der Waals surface area contributed by atoms with Crippen molar-refractivity contribution in [3.8, 4) is 0 Å². The third-order valence-corrected chi connectivity index (χ3v) is 3.53. The Bertz CT molecular complexity index is 316. The summed E-state index contributed by atoms with van der Waals surface area (Å²) in [5, 5.41) is 0. The van der Waals surface area contributed by atoms with Crippen LogP contribution in [0.25, 0.3) is 0 Å².